The van der Waals surface area contributed by atoms with Gasteiger partial charge in [-0.1, -0.05) is 41.9 Å². The van der Waals surface area contributed by atoms with Gasteiger partial charge >= 0.3 is 0 Å². The molecule has 1 N–H and O–H groups in total. The highest BCUT2D eigenvalue weighted by Crippen LogP contribution is 2.22. The van der Waals surface area contributed by atoms with Crippen LogP contribution in [0.15, 0.2) is 60.8 Å². The van der Waals surface area contributed by atoms with Gasteiger partial charge in [0.2, 0.25) is 5.91 Å². The van der Waals surface area contributed by atoms with E-state index in [1.165, 1.54) is 5.39 Å². The molecule has 5 heteroatoms. The summed E-state index contributed by atoms with van der Waals surface area (Å²) in [5, 5.41) is 5.38. The summed E-state index contributed by atoms with van der Waals surface area (Å²) in [6.45, 7) is 0.226. The summed E-state index contributed by atoms with van der Waals surface area (Å²) in [7, 11) is 1.88. The molecule has 0 aliphatic heterocycles. The summed E-state index contributed by atoms with van der Waals surface area (Å²) in [5.41, 5.74) is 1.50. The second kappa shape index (κ2) is 6.67. The first-order valence-electron chi connectivity index (χ1n) is 7.24. The standard InChI is InChI=1S/C18H16ClN3O/c1-22(12-17(23)21-16-7-4-10-20-18(16)19)15-9-8-13-5-2-3-6-14(13)11-15/h2-11H,12H2,1H3,(H,21,23). The Bertz CT molecular complexity index is 850. The van der Waals surface area contributed by atoms with E-state index in [1.807, 2.05) is 30.1 Å². The van der Waals surface area contributed by atoms with Crippen LogP contribution < -0.4 is 10.2 Å². The lowest BCUT2D eigenvalue weighted by Crippen LogP contribution is -2.30. The van der Waals surface area contributed by atoms with E-state index in [0.717, 1.165) is 11.1 Å². The normalized spacial score (nSPS) is 10.5. The first-order chi connectivity index (χ1) is 11.1. The highest BCUT2D eigenvalue weighted by Gasteiger charge is 2.10. The van der Waals surface area contributed by atoms with Crippen LogP contribution in [0.4, 0.5) is 11.4 Å². The van der Waals surface area contributed by atoms with Gasteiger partial charge in [0.1, 0.15) is 0 Å². The minimum Gasteiger partial charge on any atom is -0.365 e. The molecule has 0 atom stereocenters. The smallest absolute Gasteiger partial charge is 0.243 e. The SMILES string of the molecule is CN(CC(=O)Nc1cccnc1Cl)c1ccc2ccccc2c1. The molecule has 23 heavy (non-hydrogen) atoms. The molecule has 1 aromatic heterocycles. The van der Waals surface area contributed by atoms with Crippen LogP contribution in [-0.2, 0) is 4.79 Å². The summed E-state index contributed by atoms with van der Waals surface area (Å²) in [6.07, 6.45) is 1.58. The Balaban J connectivity index is 1.71. The van der Waals surface area contributed by atoms with Crippen molar-refractivity contribution >= 4 is 39.7 Å². The molecule has 1 amide bonds. The molecule has 2 aromatic carbocycles. The number of fused-ring (bicyclic) bond motifs is 1. The summed E-state index contributed by atoms with van der Waals surface area (Å²) in [6, 6.07) is 17.7. The predicted molar refractivity (Wildman–Crippen MR) is 95.1 cm³/mol. The highest BCUT2D eigenvalue weighted by atomic mass is 35.5. The number of amides is 1. The topological polar surface area (TPSA) is 45.2 Å². The average Bonchev–Trinajstić information content (AvgIpc) is 2.56. The summed E-state index contributed by atoms with van der Waals surface area (Å²) in [5.74, 6) is -0.143. The van der Waals surface area contributed by atoms with Gasteiger partial charge < -0.3 is 10.2 Å². The van der Waals surface area contributed by atoms with Gasteiger partial charge in [0.25, 0.3) is 0 Å². The Kier molecular flexibility index (Phi) is 4.44. The summed E-state index contributed by atoms with van der Waals surface area (Å²) >= 11 is 5.95. The monoisotopic (exact) mass is 325 g/mol. The lowest BCUT2D eigenvalue weighted by Gasteiger charge is -2.19. The number of aromatic nitrogens is 1. The van der Waals surface area contributed by atoms with Crippen molar-refractivity contribution in [2.45, 2.75) is 0 Å². The van der Waals surface area contributed by atoms with Gasteiger partial charge in [0.15, 0.2) is 5.15 Å². The molecule has 0 bridgehead atoms. The molecule has 0 unspecified atom stereocenters. The zero-order valence-electron chi connectivity index (χ0n) is 12.7. The van der Waals surface area contributed by atoms with Crippen molar-refractivity contribution in [3.8, 4) is 0 Å². The minimum atomic E-state index is -0.143. The van der Waals surface area contributed by atoms with Crippen LogP contribution in [0.3, 0.4) is 0 Å². The third kappa shape index (κ3) is 3.60. The number of pyridine rings is 1. The van der Waals surface area contributed by atoms with Crippen molar-refractivity contribution in [2.24, 2.45) is 0 Å². The lowest BCUT2D eigenvalue weighted by atomic mass is 10.1. The number of likely N-dealkylation sites (N-methyl/N-ethyl adjacent to an activating group) is 1. The minimum absolute atomic E-state index is 0.143. The average molecular weight is 326 g/mol. The van der Waals surface area contributed by atoms with Crippen LogP contribution in [0.25, 0.3) is 10.8 Å². The van der Waals surface area contributed by atoms with E-state index in [-0.39, 0.29) is 17.6 Å². The van der Waals surface area contributed by atoms with Crippen LogP contribution in [0, 0.1) is 0 Å². The van der Waals surface area contributed by atoms with Crippen molar-refractivity contribution in [3.05, 3.63) is 65.9 Å². The molecule has 116 valence electrons. The molecule has 3 aromatic rings. The van der Waals surface area contributed by atoms with Gasteiger partial charge in [0, 0.05) is 18.9 Å². The quantitative estimate of drug-likeness (QED) is 0.738. The van der Waals surface area contributed by atoms with Crippen LogP contribution in [0.5, 0.6) is 0 Å². The second-order valence-corrected chi connectivity index (χ2v) is 5.64. The Morgan fingerprint density at radius 1 is 1.13 bits per heavy atom. The van der Waals surface area contributed by atoms with E-state index in [1.54, 1.807) is 18.3 Å². The van der Waals surface area contributed by atoms with Crippen molar-refractivity contribution < 1.29 is 4.79 Å². The zero-order valence-corrected chi connectivity index (χ0v) is 13.4. The Morgan fingerprint density at radius 2 is 1.91 bits per heavy atom. The van der Waals surface area contributed by atoms with Gasteiger partial charge in [-0.25, -0.2) is 4.98 Å². The molecular formula is C18H16ClN3O. The number of nitrogens with one attached hydrogen (secondary N) is 1. The van der Waals surface area contributed by atoms with Gasteiger partial charge in [-0.15, -0.1) is 0 Å². The third-order valence-corrected chi connectivity index (χ3v) is 3.89. The summed E-state index contributed by atoms with van der Waals surface area (Å²) < 4.78 is 0. The number of carbonyl (C=O) groups excluding carboxylic acids is 1. The highest BCUT2D eigenvalue weighted by molar-refractivity contribution is 6.32. The first-order valence-corrected chi connectivity index (χ1v) is 7.61. The van der Waals surface area contributed by atoms with Crippen molar-refractivity contribution in [2.75, 3.05) is 23.8 Å². The Morgan fingerprint density at radius 3 is 2.70 bits per heavy atom. The van der Waals surface area contributed by atoms with Gasteiger partial charge in [-0.05, 0) is 35.0 Å². The fourth-order valence-electron chi connectivity index (χ4n) is 2.39. The molecule has 4 nitrogen and oxygen atoms in total. The maximum Gasteiger partial charge on any atom is 0.243 e. The van der Waals surface area contributed by atoms with E-state index >= 15 is 0 Å². The van der Waals surface area contributed by atoms with Crippen LogP contribution in [0.2, 0.25) is 5.15 Å². The van der Waals surface area contributed by atoms with E-state index < -0.39 is 0 Å². The van der Waals surface area contributed by atoms with Gasteiger partial charge in [-0.2, -0.15) is 0 Å². The molecule has 0 aliphatic rings. The van der Waals surface area contributed by atoms with E-state index in [4.69, 9.17) is 11.6 Å². The number of anilines is 2. The number of carbonyl (C=O) groups is 1. The van der Waals surface area contributed by atoms with Crippen LogP contribution >= 0.6 is 11.6 Å². The number of hydrogen-bond donors (Lipinski definition) is 1. The molecule has 0 fully saturated rings. The molecule has 0 aliphatic carbocycles. The lowest BCUT2D eigenvalue weighted by molar-refractivity contribution is -0.114. The molecule has 0 saturated heterocycles. The molecule has 0 spiro atoms. The molecule has 3 rings (SSSR count). The number of benzene rings is 2. The van der Waals surface area contributed by atoms with Gasteiger partial charge in [0.05, 0.1) is 12.2 Å². The molecule has 1 heterocycles. The zero-order chi connectivity index (χ0) is 16.2. The Hall–Kier alpha value is -2.59. The fraction of sp³-hybridized carbons (Fsp3) is 0.111. The predicted octanol–water partition coefficient (Wildman–Crippen LogP) is 3.96. The fourth-order valence-corrected chi connectivity index (χ4v) is 2.56. The van der Waals surface area contributed by atoms with Crippen molar-refractivity contribution in [3.63, 3.8) is 0 Å². The Labute approximate surface area is 139 Å². The third-order valence-electron chi connectivity index (χ3n) is 3.59. The largest absolute Gasteiger partial charge is 0.365 e. The molecule has 0 saturated carbocycles. The summed E-state index contributed by atoms with van der Waals surface area (Å²) in [4.78, 5) is 18.0. The maximum atomic E-state index is 12.2. The van der Waals surface area contributed by atoms with E-state index in [9.17, 15) is 4.79 Å². The van der Waals surface area contributed by atoms with Gasteiger partial charge in [-0.3, -0.25) is 4.79 Å². The number of rotatable bonds is 4. The first kappa shape index (κ1) is 15.3. The molecular weight excluding hydrogens is 310 g/mol. The molecule has 0 radical (unpaired) electrons. The number of nitrogens with zero attached hydrogens (tertiary/aromatic N) is 2. The van der Waals surface area contributed by atoms with E-state index in [0.29, 0.717) is 5.69 Å². The van der Waals surface area contributed by atoms with Crippen molar-refractivity contribution in [1.29, 1.82) is 0 Å². The van der Waals surface area contributed by atoms with Crippen LogP contribution in [-0.4, -0.2) is 24.5 Å². The number of hydrogen-bond acceptors (Lipinski definition) is 3. The maximum absolute atomic E-state index is 12.2. The second-order valence-electron chi connectivity index (χ2n) is 5.28. The number of halogens is 1. The van der Waals surface area contributed by atoms with Crippen molar-refractivity contribution in [1.82, 2.24) is 4.98 Å². The van der Waals surface area contributed by atoms with E-state index in [2.05, 4.69) is 34.6 Å². The van der Waals surface area contributed by atoms with Crippen LogP contribution in [0.1, 0.15) is 0 Å².